The van der Waals surface area contributed by atoms with Gasteiger partial charge in [-0.1, -0.05) is 13.8 Å². The van der Waals surface area contributed by atoms with Crippen LogP contribution in [0.15, 0.2) is 0 Å². The van der Waals surface area contributed by atoms with Gasteiger partial charge in [-0.25, -0.2) is 4.98 Å². The number of anilines is 1. The van der Waals surface area contributed by atoms with Crippen LogP contribution in [-0.4, -0.2) is 36.8 Å². The number of nitrogens with one attached hydrogen (secondary N) is 1. The Balaban J connectivity index is 2.05. The lowest BCUT2D eigenvalue weighted by Gasteiger charge is -2.20. The van der Waals surface area contributed by atoms with Crippen molar-refractivity contribution in [2.45, 2.75) is 52.8 Å². The Morgan fingerprint density at radius 2 is 2.32 bits per heavy atom. The zero-order valence-corrected chi connectivity index (χ0v) is 13.2. The van der Waals surface area contributed by atoms with Crippen LogP contribution in [0.25, 0.3) is 0 Å². The Hall–Kier alpha value is -0.650. The zero-order chi connectivity index (χ0) is 13.8. The Labute approximate surface area is 120 Å². The first-order valence-corrected chi connectivity index (χ1v) is 7.94. The van der Waals surface area contributed by atoms with Gasteiger partial charge in [-0.05, 0) is 20.3 Å². The molecule has 1 fully saturated rings. The summed E-state index contributed by atoms with van der Waals surface area (Å²) in [6, 6.07) is 0.511. The van der Waals surface area contributed by atoms with Gasteiger partial charge in [0.15, 0.2) is 5.13 Å². The molecule has 4 nitrogen and oxygen atoms in total. The highest BCUT2D eigenvalue weighted by atomic mass is 32.1. The van der Waals surface area contributed by atoms with Crippen LogP contribution in [0.1, 0.15) is 37.8 Å². The highest BCUT2D eigenvalue weighted by molar-refractivity contribution is 7.15. The largest absolute Gasteiger partial charge is 0.377 e. The predicted octanol–water partition coefficient (Wildman–Crippen LogP) is 2.56. The van der Waals surface area contributed by atoms with E-state index in [0.29, 0.717) is 12.1 Å². The van der Waals surface area contributed by atoms with Crippen LogP contribution in [0.4, 0.5) is 5.13 Å². The molecule has 0 amide bonds. The number of thiazole rings is 1. The minimum atomic E-state index is 0.295. The maximum atomic E-state index is 5.69. The average molecular weight is 283 g/mol. The number of hydrogen-bond donors (Lipinski definition) is 1. The van der Waals surface area contributed by atoms with E-state index in [-0.39, 0.29) is 0 Å². The van der Waals surface area contributed by atoms with Gasteiger partial charge >= 0.3 is 0 Å². The SMILES string of the molecule is Cc1nc(N2CCCOC(C)C2)sc1CNC(C)C. The minimum Gasteiger partial charge on any atom is -0.377 e. The first kappa shape index (κ1) is 14.8. The third-order valence-corrected chi connectivity index (χ3v) is 4.49. The first-order valence-electron chi connectivity index (χ1n) is 7.12. The van der Waals surface area contributed by atoms with Crippen molar-refractivity contribution in [3.8, 4) is 0 Å². The van der Waals surface area contributed by atoms with Gasteiger partial charge in [0.1, 0.15) is 0 Å². The molecule has 1 aliphatic heterocycles. The molecule has 1 atom stereocenters. The van der Waals surface area contributed by atoms with E-state index in [1.54, 1.807) is 0 Å². The lowest BCUT2D eigenvalue weighted by atomic mass is 10.3. The van der Waals surface area contributed by atoms with E-state index in [9.17, 15) is 0 Å². The number of aromatic nitrogens is 1. The van der Waals surface area contributed by atoms with Gasteiger partial charge in [-0.2, -0.15) is 0 Å². The fraction of sp³-hybridized carbons (Fsp3) is 0.786. The third kappa shape index (κ3) is 4.16. The van der Waals surface area contributed by atoms with Crippen LogP contribution in [0.5, 0.6) is 0 Å². The summed E-state index contributed by atoms with van der Waals surface area (Å²) in [5.41, 5.74) is 1.16. The van der Waals surface area contributed by atoms with E-state index in [0.717, 1.165) is 43.5 Å². The molecule has 0 bridgehead atoms. The van der Waals surface area contributed by atoms with Crippen LogP contribution in [-0.2, 0) is 11.3 Å². The minimum absolute atomic E-state index is 0.295. The van der Waals surface area contributed by atoms with Crippen LogP contribution in [0.2, 0.25) is 0 Å². The van der Waals surface area contributed by atoms with E-state index in [1.807, 2.05) is 11.3 Å². The molecule has 2 rings (SSSR count). The van der Waals surface area contributed by atoms with Crippen molar-refractivity contribution >= 4 is 16.5 Å². The maximum absolute atomic E-state index is 5.69. The second kappa shape index (κ2) is 6.68. The Bertz CT molecular complexity index is 405. The smallest absolute Gasteiger partial charge is 0.185 e. The van der Waals surface area contributed by atoms with Gasteiger partial charge < -0.3 is 15.0 Å². The van der Waals surface area contributed by atoms with Crippen molar-refractivity contribution in [3.63, 3.8) is 0 Å². The molecule has 0 aromatic carbocycles. The summed E-state index contributed by atoms with van der Waals surface area (Å²) in [7, 11) is 0. The fourth-order valence-corrected chi connectivity index (χ4v) is 3.22. The molecule has 19 heavy (non-hydrogen) atoms. The lowest BCUT2D eigenvalue weighted by molar-refractivity contribution is 0.0821. The molecule has 0 radical (unpaired) electrons. The summed E-state index contributed by atoms with van der Waals surface area (Å²) in [6.07, 6.45) is 1.38. The van der Waals surface area contributed by atoms with Gasteiger partial charge in [0.2, 0.25) is 0 Å². The summed E-state index contributed by atoms with van der Waals surface area (Å²) in [5, 5.41) is 4.62. The van der Waals surface area contributed by atoms with Crippen molar-refractivity contribution in [3.05, 3.63) is 10.6 Å². The number of aryl methyl sites for hydroxylation is 1. The molecular weight excluding hydrogens is 258 g/mol. The standard InChI is InChI=1S/C14H25N3OS/c1-10(2)15-8-13-12(4)16-14(19-13)17-6-5-7-18-11(3)9-17/h10-11,15H,5-9H2,1-4H3. The molecule has 108 valence electrons. The van der Waals surface area contributed by atoms with E-state index in [1.165, 1.54) is 4.88 Å². The predicted molar refractivity (Wildman–Crippen MR) is 81.1 cm³/mol. The molecule has 1 aromatic rings. The topological polar surface area (TPSA) is 37.4 Å². The number of ether oxygens (including phenoxy) is 1. The van der Waals surface area contributed by atoms with Crippen LogP contribution in [0, 0.1) is 6.92 Å². The lowest BCUT2D eigenvalue weighted by Crippen LogP contribution is -2.29. The van der Waals surface area contributed by atoms with Crippen molar-refractivity contribution in [1.82, 2.24) is 10.3 Å². The van der Waals surface area contributed by atoms with Gasteiger partial charge in [-0.3, -0.25) is 0 Å². The first-order chi connectivity index (χ1) is 9.06. The number of rotatable bonds is 4. The highest BCUT2D eigenvalue weighted by Gasteiger charge is 2.19. The normalized spacial score (nSPS) is 20.9. The molecule has 2 heterocycles. The monoisotopic (exact) mass is 283 g/mol. The molecule has 0 saturated carbocycles. The summed E-state index contributed by atoms with van der Waals surface area (Å²) >= 11 is 1.82. The van der Waals surface area contributed by atoms with Gasteiger partial charge in [0.25, 0.3) is 0 Å². The van der Waals surface area contributed by atoms with Crippen LogP contribution in [0.3, 0.4) is 0 Å². The Morgan fingerprint density at radius 3 is 3.05 bits per heavy atom. The number of hydrogen-bond acceptors (Lipinski definition) is 5. The molecule has 0 aliphatic carbocycles. The molecule has 1 unspecified atom stereocenters. The molecular formula is C14H25N3OS. The van der Waals surface area contributed by atoms with Gasteiger partial charge in [-0.15, -0.1) is 11.3 Å². The summed E-state index contributed by atoms with van der Waals surface area (Å²) in [6.45, 7) is 12.4. The van der Waals surface area contributed by atoms with E-state index in [2.05, 4.69) is 37.9 Å². The van der Waals surface area contributed by atoms with Crippen molar-refractivity contribution in [2.75, 3.05) is 24.6 Å². The van der Waals surface area contributed by atoms with Gasteiger partial charge in [0, 0.05) is 37.2 Å². The summed E-state index contributed by atoms with van der Waals surface area (Å²) < 4.78 is 5.69. The van der Waals surface area contributed by atoms with Crippen LogP contribution < -0.4 is 10.2 Å². The van der Waals surface area contributed by atoms with Gasteiger partial charge in [0.05, 0.1) is 11.8 Å². The fourth-order valence-electron chi connectivity index (χ4n) is 2.18. The van der Waals surface area contributed by atoms with Crippen molar-refractivity contribution in [1.29, 1.82) is 0 Å². The second-order valence-corrected chi connectivity index (χ2v) is 6.58. The third-order valence-electron chi connectivity index (χ3n) is 3.27. The highest BCUT2D eigenvalue weighted by Crippen LogP contribution is 2.27. The van der Waals surface area contributed by atoms with E-state index in [4.69, 9.17) is 9.72 Å². The Morgan fingerprint density at radius 1 is 1.53 bits per heavy atom. The molecule has 0 spiro atoms. The van der Waals surface area contributed by atoms with E-state index < -0.39 is 0 Å². The summed E-state index contributed by atoms with van der Waals surface area (Å²) in [4.78, 5) is 8.46. The van der Waals surface area contributed by atoms with Crippen LogP contribution >= 0.6 is 11.3 Å². The average Bonchev–Trinajstić information content (AvgIpc) is 2.57. The quantitative estimate of drug-likeness (QED) is 0.921. The number of nitrogens with zero attached hydrogens (tertiary/aromatic N) is 2. The van der Waals surface area contributed by atoms with Crippen molar-refractivity contribution in [2.24, 2.45) is 0 Å². The summed E-state index contributed by atoms with van der Waals surface area (Å²) in [5.74, 6) is 0. The van der Waals surface area contributed by atoms with Crippen molar-refractivity contribution < 1.29 is 4.74 Å². The molecule has 1 N–H and O–H groups in total. The molecule has 1 aromatic heterocycles. The zero-order valence-electron chi connectivity index (χ0n) is 12.4. The Kier molecular flexibility index (Phi) is 5.19. The molecule has 1 saturated heterocycles. The molecule has 1 aliphatic rings. The molecule has 5 heteroatoms. The maximum Gasteiger partial charge on any atom is 0.185 e. The second-order valence-electron chi connectivity index (χ2n) is 5.52. The van der Waals surface area contributed by atoms with E-state index >= 15 is 0 Å².